The summed E-state index contributed by atoms with van der Waals surface area (Å²) >= 11 is 0. The summed E-state index contributed by atoms with van der Waals surface area (Å²) in [6.07, 6.45) is 2.18. The van der Waals surface area contributed by atoms with Crippen LogP contribution < -0.4 is 10.1 Å². The molecule has 0 fully saturated rings. The van der Waals surface area contributed by atoms with Crippen molar-refractivity contribution in [3.05, 3.63) is 24.3 Å². The van der Waals surface area contributed by atoms with Crippen molar-refractivity contribution in [1.29, 1.82) is 0 Å². The number of carbonyl (C=O) groups excluding carboxylic acids is 1. The smallest absolute Gasteiger partial charge is 0.220 e. The van der Waals surface area contributed by atoms with Gasteiger partial charge in [-0.05, 0) is 51.7 Å². The van der Waals surface area contributed by atoms with Crippen LogP contribution in [0, 0.1) is 0 Å². The van der Waals surface area contributed by atoms with Gasteiger partial charge < -0.3 is 15.0 Å². The molecule has 1 atom stereocenters. The van der Waals surface area contributed by atoms with Crippen LogP contribution in [0.3, 0.4) is 0 Å². The average Bonchev–Trinajstić information content (AvgIpc) is 2.48. The molecule has 7 heteroatoms. The Morgan fingerprint density at radius 1 is 1.26 bits per heavy atom. The van der Waals surface area contributed by atoms with Crippen LogP contribution in [-0.2, 0) is 14.6 Å². The van der Waals surface area contributed by atoms with E-state index in [2.05, 4.69) is 5.32 Å². The van der Waals surface area contributed by atoms with Gasteiger partial charge in [-0.2, -0.15) is 0 Å². The monoisotopic (exact) mass is 342 g/mol. The maximum absolute atomic E-state index is 11.7. The van der Waals surface area contributed by atoms with Crippen LogP contribution in [0.25, 0.3) is 0 Å². The highest BCUT2D eigenvalue weighted by molar-refractivity contribution is 7.90. The Morgan fingerprint density at radius 2 is 1.87 bits per heavy atom. The Balaban J connectivity index is 2.26. The summed E-state index contributed by atoms with van der Waals surface area (Å²) < 4.78 is 28.2. The molecule has 1 aromatic rings. The zero-order chi connectivity index (χ0) is 17.5. The van der Waals surface area contributed by atoms with E-state index in [1.54, 1.807) is 12.1 Å². The van der Waals surface area contributed by atoms with Gasteiger partial charge in [0.2, 0.25) is 5.91 Å². The molecule has 1 aromatic carbocycles. The maximum atomic E-state index is 11.7. The van der Waals surface area contributed by atoms with E-state index in [1.807, 2.05) is 25.9 Å². The molecule has 0 saturated heterocycles. The predicted octanol–water partition coefficient (Wildman–Crippen LogP) is 1.32. The summed E-state index contributed by atoms with van der Waals surface area (Å²) in [6, 6.07) is 6.56. The van der Waals surface area contributed by atoms with E-state index < -0.39 is 9.84 Å². The topological polar surface area (TPSA) is 75.7 Å². The first-order valence-electron chi connectivity index (χ1n) is 7.56. The highest BCUT2D eigenvalue weighted by Gasteiger charge is 2.08. The van der Waals surface area contributed by atoms with Crippen molar-refractivity contribution in [1.82, 2.24) is 10.2 Å². The third kappa shape index (κ3) is 7.47. The lowest BCUT2D eigenvalue weighted by Gasteiger charge is -2.19. The predicted molar refractivity (Wildman–Crippen MR) is 90.4 cm³/mol. The van der Waals surface area contributed by atoms with Gasteiger partial charge in [-0.1, -0.05) is 0 Å². The zero-order valence-electron chi connectivity index (χ0n) is 14.2. The molecule has 1 rings (SSSR count). The van der Waals surface area contributed by atoms with Crippen LogP contribution in [0.1, 0.15) is 19.8 Å². The van der Waals surface area contributed by atoms with E-state index in [1.165, 1.54) is 18.4 Å². The Bertz CT molecular complexity index is 597. The quantitative estimate of drug-likeness (QED) is 0.685. The maximum Gasteiger partial charge on any atom is 0.220 e. The van der Waals surface area contributed by atoms with E-state index in [-0.39, 0.29) is 10.8 Å². The first-order chi connectivity index (χ1) is 10.7. The summed E-state index contributed by atoms with van der Waals surface area (Å²) in [5.41, 5.74) is 0. The van der Waals surface area contributed by atoms with E-state index in [0.29, 0.717) is 37.8 Å². The molecule has 1 N–H and O–H groups in total. The van der Waals surface area contributed by atoms with Crippen molar-refractivity contribution in [2.45, 2.75) is 30.7 Å². The molecule has 0 spiro atoms. The molecule has 0 bridgehead atoms. The largest absolute Gasteiger partial charge is 0.494 e. The Kier molecular flexibility index (Phi) is 7.51. The number of hydrogen-bond acceptors (Lipinski definition) is 5. The zero-order valence-corrected chi connectivity index (χ0v) is 15.0. The highest BCUT2D eigenvalue weighted by atomic mass is 32.2. The van der Waals surface area contributed by atoms with E-state index >= 15 is 0 Å². The van der Waals surface area contributed by atoms with Gasteiger partial charge in [-0.3, -0.25) is 4.79 Å². The molecule has 0 aliphatic heterocycles. The summed E-state index contributed by atoms with van der Waals surface area (Å²) in [7, 11) is 0.756. The van der Waals surface area contributed by atoms with Crippen LogP contribution in [0.4, 0.5) is 0 Å². The Morgan fingerprint density at radius 3 is 2.39 bits per heavy atom. The first-order valence-corrected chi connectivity index (χ1v) is 9.45. The summed E-state index contributed by atoms with van der Waals surface area (Å²) in [5.74, 6) is 0.605. The van der Waals surface area contributed by atoms with Gasteiger partial charge in [0.15, 0.2) is 9.84 Å². The normalized spacial score (nSPS) is 12.9. The fraction of sp³-hybridized carbons (Fsp3) is 0.562. The number of nitrogens with zero attached hydrogens (tertiary/aromatic N) is 1. The lowest BCUT2D eigenvalue weighted by atomic mass is 10.2. The molecule has 0 radical (unpaired) electrons. The molecule has 23 heavy (non-hydrogen) atoms. The molecule has 0 aromatic heterocycles. The number of benzene rings is 1. The Labute approximate surface area is 138 Å². The van der Waals surface area contributed by atoms with Crippen LogP contribution in [0.15, 0.2) is 29.2 Å². The van der Waals surface area contributed by atoms with Gasteiger partial charge >= 0.3 is 0 Å². The minimum atomic E-state index is -3.19. The fourth-order valence-electron chi connectivity index (χ4n) is 1.74. The lowest BCUT2D eigenvalue weighted by molar-refractivity contribution is -0.121. The van der Waals surface area contributed by atoms with Crippen LogP contribution in [0.5, 0.6) is 5.75 Å². The molecular weight excluding hydrogens is 316 g/mol. The van der Waals surface area contributed by atoms with Crippen molar-refractivity contribution >= 4 is 15.7 Å². The molecule has 0 aliphatic carbocycles. The number of carbonyl (C=O) groups is 1. The molecule has 0 unspecified atom stereocenters. The fourth-order valence-corrected chi connectivity index (χ4v) is 2.37. The van der Waals surface area contributed by atoms with Gasteiger partial charge in [0, 0.05) is 25.3 Å². The van der Waals surface area contributed by atoms with Crippen molar-refractivity contribution < 1.29 is 17.9 Å². The number of likely N-dealkylation sites (N-methyl/N-ethyl adjacent to an activating group) is 1. The van der Waals surface area contributed by atoms with Gasteiger partial charge in [0.25, 0.3) is 0 Å². The summed E-state index contributed by atoms with van der Waals surface area (Å²) in [6.45, 7) is 3.08. The molecule has 1 amide bonds. The SMILES string of the molecule is C[C@@H](CNC(=O)CCCOc1ccc(S(C)(=O)=O)cc1)N(C)C. The van der Waals surface area contributed by atoms with E-state index in [9.17, 15) is 13.2 Å². The van der Waals surface area contributed by atoms with Crippen LogP contribution in [-0.4, -0.2) is 58.8 Å². The third-order valence-corrected chi connectivity index (χ3v) is 4.67. The first kappa shape index (κ1) is 19.4. The minimum absolute atomic E-state index is 0.00900. The number of rotatable bonds is 9. The summed E-state index contributed by atoms with van der Waals surface area (Å²) in [5, 5.41) is 2.88. The van der Waals surface area contributed by atoms with E-state index in [0.717, 1.165) is 0 Å². The Hall–Kier alpha value is -1.60. The second-order valence-electron chi connectivity index (χ2n) is 5.81. The van der Waals surface area contributed by atoms with Crippen LogP contribution in [0.2, 0.25) is 0 Å². The molecular formula is C16H26N2O4S. The summed E-state index contributed by atoms with van der Waals surface area (Å²) in [4.78, 5) is 14.0. The molecule has 0 heterocycles. The number of ether oxygens (including phenoxy) is 1. The molecule has 130 valence electrons. The molecule has 6 nitrogen and oxygen atoms in total. The lowest BCUT2D eigenvalue weighted by Crippen LogP contribution is -2.38. The second kappa shape index (κ2) is 8.88. The number of hydrogen-bond donors (Lipinski definition) is 1. The molecule has 0 saturated carbocycles. The number of nitrogens with one attached hydrogen (secondary N) is 1. The number of sulfone groups is 1. The molecule has 0 aliphatic rings. The third-order valence-electron chi connectivity index (χ3n) is 3.54. The van der Waals surface area contributed by atoms with Crippen molar-refractivity contribution in [2.24, 2.45) is 0 Å². The van der Waals surface area contributed by atoms with Crippen molar-refractivity contribution in [3.8, 4) is 5.75 Å². The van der Waals surface area contributed by atoms with Crippen molar-refractivity contribution in [3.63, 3.8) is 0 Å². The standard InChI is InChI=1S/C16H26N2O4S/c1-13(18(2)3)12-17-16(19)6-5-11-22-14-7-9-15(10-8-14)23(4,20)21/h7-10,13H,5-6,11-12H2,1-4H3,(H,17,19)/t13-/m0/s1. The average molecular weight is 342 g/mol. The van der Waals surface area contributed by atoms with Crippen molar-refractivity contribution in [2.75, 3.05) is 33.5 Å². The minimum Gasteiger partial charge on any atom is -0.494 e. The second-order valence-corrected chi connectivity index (χ2v) is 7.83. The van der Waals surface area contributed by atoms with E-state index in [4.69, 9.17) is 4.74 Å². The highest BCUT2D eigenvalue weighted by Crippen LogP contribution is 2.16. The van der Waals surface area contributed by atoms with Gasteiger partial charge in [-0.15, -0.1) is 0 Å². The number of amides is 1. The van der Waals surface area contributed by atoms with Gasteiger partial charge in [-0.25, -0.2) is 8.42 Å². The van der Waals surface area contributed by atoms with Crippen LogP contribution >= 0.6 is 0 Å². The van der Waals surface area contributed by atoms with Gasteiger partial charge in [0.05, 0.1) is 11.5 Å². The van der Waals surface area contributed by atoms with Gasteiger partial charge in [0.1, 0.15) is 5.75 Å².